The van der Waals surface area contributed by atoms with E-state index in [-0.39, 0.29) is 17.7 Å². The van der Waals surface area contributed by atoms with E-state index in [1.54, 1.807) is 0 Å². The van der Waals surface area contributed by atoms with Gasteiger partial charge >= 0.3 is 0 Å². The normalized spacial score (nSPS) is 14.3. The van der Waals surface area contributed by atoms with Gasteiger partial charge in [0.05, 0.1) is 0 Å². The van der Waals surface area contributed by atoms with Crippen LogP contribution in [0.4, 0.5) is 0 Å². The fourth-order valence-corrected chi connectivity index (χ4v) is 2.68. The fourth-order valence-electron chi connectivity index (χ4n) is 2.68. The quantitative estimate of drug-likeness (QED) is 0.560. The van der Waals surface area contributed by atoms with E-state index >= 15 is 0 Å². The van der Waals surface area contributed by atoms with Crippen LogP contribution in [0.3, 0.4) is 0 Å². The molecular weight excluding hydrogens is 292 g/mol. The smallest absolute Gasteiger partial charge is 0.229 e. The minimum absolute atomic E-state index is 0.0614. The summed E-state index contributed by atoms with van der Waals surface area (Å²) in [6.45, 7) is 1.15. The minimum Gasteiger partial charge on any atom is -0.356 e. The average molecular weight is 316 g/mol. The molecule has 124 valence electrons. The molecule has 0 aliphatic carbocycles. The molecule has 23 heavy (non-hydrogen) atoms. The van der Waals surface area contributed by atoms with Crippen LogP contribution in [0.25, 0.3) is 0 Å². The number of unbranched alkanes of at least 4 members (excludes halogenated alkanes) is 2. The largest absolute Gasteiger partial charge is 0.356 e. The standard InChI is InChI=1S/C18H24N2O3/c21-16(19-13-12-15-7-3-1-4-8-15)9-5-2-6-14-20-17(22)10-11-18(20)23/h1,3-4,7-8H,2,5-6,9-14H2,(H,19,21). The Balaban J connectivity index is 1.50. The zero-order valence-electron chi connectivity index (χ0n) is 13.4. The number of hydrogen-bond acceptors (Lipinski definition) is 3. The third kappa shape index (κ3) is 5.85. The summed E-state index contributed by atoms with van der Waals surface area (Å²) < 4.78 is 0. The molecule has 1 fully saturated rings. The van der Waals surface area contributed by atoms with Crippen molar-refractivity contribution in [2.45, 2.75) is 44.9 Å². The summed E-state index contributed by atoms with van der Waals surface area (Å²) >= 11 is 0. The molecule has 5 heteroatoms. The van der Waals surface area contributed by atoms with E-state index in [0.717, 1.165) is 25.7 Å². The van der Waals surface area contributed by atoms with Crippen LogP contribution in [0.1, 0.15) is 44.1 Å². The van der Waals surface area contributed by atoms with Crippen LogP contribution in [0.5, 0.6) is 0 Å². The van der Waals surface area contributed by atoms with E-state index in [0.29, 0.717) is 32.4 Å². The van der Waals surface area contributed by atoms with Crippen LogP contribution in [0.15, 0.2) is 30.3 Å². The summed E-state index contributed by atoms with van der Waals surface area (Å²) in [5.74, 6) is -0.0587. The lowest BCUT2D eigenvalue weighted by atomic mass is 10.1. The van der Waals surface area contributed by atoms with Gasteiger partial charge in [0.25, 0.3) is 0 Å². The number of hydrogen-bond donors (Lipinski definition) is 1. The molecule has 0 aromatic heterocycles. The Morgan fingerprint density at radius 2 is 1.70 bits per heavy atom. The molecule has 3 amide bonds. The molecule has 0 atom stereocenters. The molecule has 1 aliphatic heterocycles. The van der Waals surface area contributed by atoms with E-state index in [9.17, 15) is 14.4 Å². The van der Waals surface area contributed by atoms with Crippen molar-refractivity contribution in [3.05, 3.63) is 35.9 Å². The van der Waals surface area contributed by atoms with Gasteiger partial charge in [-0.1, -0.05) is 36.8 Å². The molecule has 0 saturated carbocycles. The van der Waals surface area contributed by atoms with E-state index in [1.165, 1.54) is 10.5 Å². The molecule has 1 aliphatic rings. The van der Waals surface area contributed by atoms with Gasteiger partial charge in [-0.25, -0.2) is 0 Å². The monoisotopic (exact) mass is 316 g/mol. The van der Waals surface area contributed by atoms with Gasteiger partial charge < -0.3 is 5.32 Å². The van der Waals surface area contributed by atoms with Crippen molar-refractivity contribution in [1.82, 2.24) is 10.2 Å². The van der Waals surface area contributed by atoms with Gasteiger partial charge in [0.1, 0.15) is 0 Å². The summed E-state index contributed by atoms with van der Waals surface area (Å²) in [5, 5.41) is 2.92. The predicted molar refractivity (Wildman–Crippen MR) is 87.6 cm³/mol. The molecule has 0 radical (unpaired) electrons. The Hall–Kier alpha value is -2.17. The van der Waals surface area contributed by atoms with Gasteiger partial charge in [-0.05, 0) is 24.8 Å². The van der Waals surface area contributed by atoms with E-state index in [2.05, 4.69) is 5.32 Å². The van der Waals surface area contributed by atoms with Gasteiger partial charge in [0.2, 0.25) is 17.7 Å². The second kappa shape index (κ2) is 9.08. The molecule has 0 spiro atoms. The van der Waals surface area contributed by atoms with Crippen LogP contribution in [0.2, 0.25) is 0 Å². The lowest BCUT2D eigenvalue weighted by Gasteiger charge is -2.13. The van der Waals surface area contributed by atoms with Crippen molar-refractivity contribution >= 4 is 17.7 Å². The van der Waals surface area contributed by atoms with Gasteiger partial charge in [0, 0.05) is 32.4 Å². The van der Waals surface area contributed by atoms with Gasteiger partial charge in [-0.3, -0.25) is 19.3 Å². The van der Waals surface area contributed by atoms with Crippen molar-refractivity contribution in [2.24, 2.45) is 0 Å². The number of nitrogens with zero attached hydrogens (tertiary/aromatic N) is 1. The average Bonchev–Trinajstić information content (AvgIpc) is 2.87. The van der Waals surface area contributed by atoms with E-state index in [4.69, 9.17) is 0 Å². The molecule has 0 bridgehead atoms. The first-order valence-corrected chi connectivity index (χ1v) is 8.30. The number of carbonyl (C=O) groups excluding carboxylic acids is 3. The van der Waals surface area contributed by atoms with Gasteiger partial charge in [-0.2, -0.15) is 0 Å². The molecule has 1 aromatic carbocycles. The summed E-state index contributed by atoms with van der Waals surface area (Å²) in [7, 11) is 0. The Morgan fingerprint density at radius 1 is 1.00 bits per heavy atom. The first-order valence-electron chi connectivity index (χ1n) is 8.30. The highest BCUT2D eigenvalue weighted by molar-refractivity contribution is 6.01. The minimum atomic E-state index is -0.0614. The number of likely N-dealkylation sites (tertiary alicyclic amines) is 1. The van der Waals surface area contributed by atoms with E-state index in [1.807, 2.05) is 30.3 Å². The fraction of sp³-hybridized carbons (Fsp3) is 0.500. The lowest BCUT2D eigenvalue weighted by molar-refractivity contribution is -0.138. The maximum absolute atomic E-state index is 11.7. The number of amides is 3. The maximum Gasteiger partial charge on any atom is 0.229 e. The maximum atomic E-state index is 11.7. The second-order valence-electron chi connectivity index (χ2n) is 5.84. The first kappa shape index (κ1) is 17.2. The summed E-state index contributed by atoms with van der Waals surface area (Å²) in [6.07, 6.45) is 4.44. The lowest BCUT2D eigenvalue weighted by Crippen LogP contribution is -2.30. The van der Waals surface area contributed by atoms with Crippen LogP contribution in [-0.2, 0) is 20.8 Å². The third-order valence-corrected chi connectivity index (χ3v) is 4.02. The topological polar surface area (TPSA) is 66.5 Å². The van der Waals surface area contributed by atoms with E-state index < -0.39 is 0 Å². The number of carbonyl (C=O) groups is 3. The van der Waals surface area contributed by atoms with Gasteiger partial charge in [-0.15, -0.1) is 0 Å². The number of rotatable bonds is 9. The predicted octanol–water partition coefficient (Wildman–Crippen LogP) is 2.05. The van der Waals surface area contributed by atoms with Crippen molar-refractivity contribution in [3.63, 3.8) is 0 Å². The Morgan fingerprint density at radius 3 is 2.39 bits per heavy atom. The zero-order valence-corrected chi connectivity index (χ0v) is 13.4. The number of benzene rings is 1. The zero-order chi connectivity index (χ0) is 16.5. The Bertz CT molecular complexity index is 526. The number of imide groups is 1. The molecule has 0 unspecified atom stereocenters. The van der Waals surface area contributed by atoms with Crippen molar-refractivity contribution in [3.8, 4) is 0 Å². The van der Waals surface area contributed by atoms with Crippen LogP contribution in [-0.4, -0.2) is 35.7 Å². The molecule has 5 nitrogen and oxygen atoms in total. The third-order valence-electron chi connectivity index (χ3n) is 4.02. The number of nitrogens with one attached hydrogen (secondary N) is 1. The highest BCUT2D eigenvalue weighted by Crippen LogP contribution is 2.13. The molecule has 1 aromatic rings. The first-order chi connectivity index (χ1) is 11.2. The Labute approximate surface area is 137 Å². The SMILES string of the molecule is O=C(CCCCCN1C(=O)CCC1=O)NCCc1ccccc1. The van der Waals surface area contributed by atoms with Crippen molar-refractivity contribution < 1.29 is 14.4 Å². The molecule has 1 saturated heterocycles. The molecular formula is C18H24N2O3. The van der Waals surface area contributed by atoms with Gasteiger partial charge in [0.15, 0.2) is 0 Å². The van der Waals surface area contributed by atoms with Crippen LogP contribution < -0.4 is 5.32 Å². The van der Waals surface area contributed by atoms with Crippen molar-refractivity contribution in [1.29, 1.82) is 0 Å². The summed E-state index contributed by atoms with van der Waals surface area (Å²) in [6, 6.07) is 10.1. The highest BCUT2D eigenvalue weighted by Gasteiger charge is 2.27. The Kier molecular flexibility index (Phi) is 6.78. The summed E-state index contributed by atoms with van der Waals surface area (Å²) in [5.41, 5.74) is 1.22. The van der Waals surface area contributed by atoms with Crippen LogP contribution in [0, 0.1) is 0 Å². The highest BCUT2D eigenvalue weighted by atomic mass is 16.2. The molecule has 1 N–H and O–H groups in total. The van der Waals surface area contributed by atoms with Crippen molar-refractivity contribution in [2.75, 3.05) is 13.1 Å². The molecule has 2 rings (SSSR count). The van der Waals surface area contributed by atoms with Crippen LogP contribution >= 0.6 is 0 Å². The summed E-state index contributed by atoms with van der Waals surface area (Å²) in [4.78, 5) is 35.9. The molecule has 1 heterocycles. The second-order valence-corrected chi connectivity index (χ2v) is 5.84.